The number of hydrogen-bond donors (Lipinski definition) is 1. The average Bonchev–Trinajstić information content (AvgIpc) is 3.16. The van der Waals surface area contributed by atoms with Gasteiger partial charge in [0.05, 0.1) is 17.9 Å². The Morgan fingerprint density at radius 3 is 2.65 bits per heavy atom. The highest BCUT2D eigenvalue weighted by atomic mass is 32.2. The number of amides is 1. The van der Waals surface area contributed by atoms with Gasteiger partial charge in [-0.25, -0.2) is 0 Å². The maximum absolute atomic E-state index is 12.6. The molecule has 1 saturated heterocycles. The molecule has 0 spiro atoms. The second kappa shape index (κ2) is 8.13. The molecule has 0 bridgehead atoms. The molecule has 0 aliphatic carbocycles. The third kappa shape index (κ3) is 4.59. The number of carbonyl (C=O) groups is 1. The molecule has 0 radical (unpaired) electrons. The normalized spacial score (nSPS) is 17.0. The number of carbonyl (C=O) groups excluding carboxylic acids is 1. The summed E-state index contributed by atoms with van der Waals surface area (Å²) in [5.74, 6) is 2.30. The largest absolute Gasteiger partial charge is 0.468 e. The highest BCUT2D eigenvalue weighted by Gasteiger charge is 2.32. The zero-order valence-corrected chi connectivity index (χ0v) is 14.6. The van der Waals surface area contributed by atoms with Crippen LogP contribution in [0, 0.1) is 0 Å². The van der Waals surface area contributed by atoms with Crippen LogP contribution < -0.4 is 5.32 Å². The maximum Gasteiger partial charge on any atom is 0.433 e. The van der Waals surface area contributed by atoms with Gasteiger partial charge in [0.25, 0.3) is 5.91 Å². The number of pyridine rings is 1. The second-order valence-corrected chi connectivity index (χ2v) is 7.04. The Labute approximate surface area is 153 Å². The van der Waals surface area contributed by atoms with Gasteiger partial charge in [-0.05, 0) is 24.3 Å². The van der Waals surface area contributed by atoms with Gasteiger partial charge in [0.1, 0.15) is 11.5 Å². The predicted molar refractivity (Wildman–Crippen MR) is 91.9 cm³/mol. The summed E-state index contributed by atoms with van der Waals surface area (Å²) in [6.45, 7) is 2.07. The first-order valence-electron chi connectivity index (χ1n) is 8.12. The molecule has 1 N–H and O–H groups in total. The van der Waals surface area contributed by atoms with Gasteiger partial charge in [0, 0.05) is 37.3 Å². The Bertz CT molecular complexity index is 714. The van der Waals surface area contributed by atoms with Crippen LogP contribution in [0.25, 0.3) is 0 Å². The van der Waals surface area contributed by atoms with E-state index in [0.29, 0.717) is 6.54 Å². The SMILES string of the molecule is O=C(NCC(c1ccco1)N1CCSCC1)c1ccc(C(F)(F)F)nc1. The molecule has 1 amide bonds. The zero-order chi connectivity index (χ0) is 18.6. The number of thioether (sulfide) groups is 1. The molecule has 5 nitrogen and oxygen atoms in total. The summed E-state index contributed by atoms with van der Waals surface area (Å²) in [6, 6.07) is 5.48. The minimum absolute atomic E-state index is 0.0883. The van der Waals surface area contributed by atoms with E-state index in [0.717, 1.165) is 48.7 Å². The highest BCUT2D eigenvalue weighted by Crippen LogP contribution is 2.27. The number of nitrogens with zero attached hydrogens (tertiary/aromatic N) is 2. The number of aromatic nitrogens is 1. The summed E-state index contributed by atoms with van der Waals surface area (Å²) in [5, 5.41) is 2.77. The first-order chi connectivity index (χ1) is 12.4. The van der Waals surface area contributed by atoms with Crippen molar-refractivity contribution in [3.8, 4) is 0 Å². The summed E-state index contributed by atoms with van der Waals surface area (Å²) in [5.41, 5.74) is -0.932. The van der Waals surface area contributed by atoms with Crippen molar-refractivity contribution in [2.45, 2.75) is 12.2 Å². The van der Waals surface area contributed by atoms with Crippen LogP contribution in [0.15, 0.2) is 41.1 Å². The van der Waals surface area contributed by atoms with E-state index >= 15 is 0 Å². The summed E-state index contributed by atoms with van der Waals surface area (Å²) in [6.07, 6.45) is -1.99. The zero-order valence-electron chi connectivity index (χ0n) is 13.8. The van der Waals surface area contributed by atoms with Crippen molar-refractivity contribution in [1.29, 1.82) is 0 Å². The van der Waals surface area contributed by atoms with E-state index in [9.17, 15) is 18.0 Å². The van der Waals surface area contributed by atoms with Gasteiger partial charge in [-0.2, -0.15) is 24.9 Å². The lowest BCUT2D eigenvalue weighted by atomic mass is 10.1. The number of halogens is 3. The second-order valence-electron chi connectivity index (χ2n) is 5.82. The molecule has 1 unspecified atom stereocenters. The van der Waals surface area contributed by atoms with Gasteiger partial charge < -0.3 is 9.73 Å². The van der Waals surface area contributed by atoms with Gasteiger partial charge in [0.2, 0.25) is 0 Å². The number of nitrogens with one attached hydrogen (secondary N) is 1. The van der Waals surface area contributed by atoms with Crippen LogP contribution in [0.4, 0.5) is 13.2 Å². The number of rotatable bonds is 5. The van der Waals surface area contributed by atoms with Gasteiger partial charge in [-0.15, -0.1) is 0 Å². The molecule has 1 atom stereocenters. The van der Waals surface area contributed by atoms with Crippen LogP contribution in [0.3, 0.4) is 0 Å². The summed E-state index contributed by atoms with van der Waals surface area (Å²) >= 11 is 1.88. The van der Waals surface area contributed by atoms with E-state index in [1.807, 2.05) is 17.8 Å². The van der Waals surface area contributed by atoms with Gasteiger partial charge in [0.15, 0.2) is 0 Å². The Balaban J connectivity index is 1.65. The molecule has 9 heteroatoms. The Morgan fingerprint density at radius 2 is 2.08 bits per heavy atom. The van der Waals surface area contributed by atoms with Crippen LogP contribution >= 0.6 is 11.8 Å². The van der Waals surface area contributed by atoms with Crippen molar-refractivity contribution in [3.05, 3.63) is 53.7 Å². The lowest BCUT2D eigenvalue weighted by molar-refractivity contribution is -0.141. The van der Waals surface area contributed by atoms with E-state index in [4.69, 9.17) is 4.42 Å². The molecule has 1 aliphatic rings. The Kier molecular flexibility index (Phi) is 5.87. The molecule has 26 heavy (non-hydrogen) atoms. The predicted octanol–water partition coefficient (Wildman–Crippen LogP) is 3.21. The molecule has 0 saturated carbocycles. The molecular weight excluding hydrogens is 367 g/mol. The molecule has 3 heterocycles. The standard InChI is InChI=1S/C17H18F3N3O2S/c18-17(19,20)15-4-3-12(10-21-15)16(24)22-11-13(14-2-1-7-25-14)23-5-8-26-9-6-23/h1-4,7,10,13H,5-6,8-9,11H2,(H,22,24). The van der Waals surface area contributed by atoms with Gasteiger partial charge in [-0.3, -0.25) is 14.7 Å². The van der Waals surface area contributed by atoms with Crippen LogP contribution in [0.2, 0.25) is 0 Å². The summed E-state index contributed by atoms with van der Waals surface area (Å²) < 4.78 is 43.2. The van der Waals surface area contributed by atoms with E-state index in [1.165, 1.54) is 0 Å². The lowest BCUT2D eigenvalue weighted by Crippen LogP contribution is -2.42. The van der Waals surface area contributed by atoms with E-state index in [2.05, 4.69) is 15.2 Å². The van der Waals surface area contributed by atoms with E-state index in [1.54, 1.807) is 12.3 Å². The Hall–Kier alpha value is -2.00. The van der Waals surface area contributed by atoms with Crippen LogP contribution in [-0.4, -0.2) is 46.9 Å². The van der Waals surface area contributed by atoms with Crippen molar-refractivity contribution >= 4 is 17.7 Å². The third-order valence-corrected chi connectivity index (χ3v) is 5.07. The van der Waals surface area contributed by atoms with Gasteiger partial charge >= 0.3 is 6.18 Å². The first kappa shape index (κ1) is 18.8. The molecule has 2 aromatic heterocycles. The molecule has 1 fully saturated rings. The van der Waals surface area contributed by atoms with E-state index < -0.39 is 17.8 Å². The highest BCUT2D eigenvalue weighted by molar-refractivity contribution is 7.99. The van der Waals surface area contributed by atoms with Gasteiger partial charge in [-0.1, -0.05) is 0 Å². The van der Waals surface area contributed by atoms with Crippen molar-refractivity contribution in [2.24, 2.45) is 0 Å². The molecule has 3 rings (SSSR count). The topological polar surface area (TPSA) is 58.4 Å². The van der Waals surface area contributed by atoms with Crippen LogP contribution in [-0.2, 0) is 6.18 Å². The molecule has 0 aromatic carbocycles. The molecule has 2 aromatic rings. The number of alkyl halides is 3. The quantitative estimate of drug-likeness (QED) is 0.857. The van der Waals surface area contributed by atoms with Crippen molar-refractivity contribution in [2.75, 3.05) is 31.1 Å². The molecular formula is C17H18F3N3O2S. The third-order valence-electron chi connectivity index (χ3n) is 4.13. The fourth-order valence-electron chi connectivity index (χ4n) is 2.77. The van der Waals surface area contributed by atoms with Crippen molar-refractivity contribution in [3.63, 3.8) is 0 Å². The minimum atomic E-state index is -4.52. The Morgan fingerprint density at radius 1 is 1.31 bits per heavy atom. The first-order valence-corrected chi connectivity index (χ1v) is 9.27. The summed E-state index contributed by atoms with van der Waals surface area (Å²) in [4.78, 5) is 17.8. The maximum atomic E-state index is 12.6. The minimum Gasteiger partial charge on any atom is -0.468 e. The van der Waals surface area contributed by atoms with Crippen molar-refractivity contribution in [1.82, 2.24) is 15.2 Å². The van der Waals surface area contributed by atoms with Crippen LogP contribution in [0.5, 0.6) is 0 Å². The lowest BCUT2D eigenvalue weighted by Gasteiger charge is -2.33. The van der Waals surface area contributed by atoms with Crippen molar-refractivity contribution < 1.29 is 22.4 Å². The smallest absolute Gasteiger partial charge is 0.433 e. The monoisotopic (exact) mass is 385 g/mol. The fourth-order valence-corrected chi connectivity index (χ4v) is 3.70. The number of furan rings is 1. The van der Waals surface area contributed by atoms with Crippen LogP contribution in [0.1, 0.15) is 27.9 Å². The summed E-state index contributed by atoms with van der Waals surface area (Å²) in [7, 11) is 0. The number of hydrogen-bond acceptors (Lipinski definition) is 5. The molecule has 1 aliphatic heterocycles. The fraction of sp³-hybridized carbons (Fsp3) is 0.412. The molecule has 140 valence electrons. The van der Waals surface area contributed by atoms with E-state index in [-0.39, 0.29) is 11.6 Å². The average molecular weight is 385 g/mol.